The minimum atomic E-state index is -1.98. The molecule has 9 heteroatoms. The summed E-state index contributed by atoms with van der Waals surface area (Å²) in [5, 5.41) is 4.12. The fourth-order valence-electron chi connectivity index (χ4n) is 3.29. The molecule has 1 heterocycles. The summed E-state index contributed by atoms with van der Waals surface area (Å²) >= 11 is 3.77. The van der Waals surface area contributed by atoms with Crippen LogP contribution in [0, 0.1) is 11.6 Å². The molecule has 0 radical (unpaired) electrons. The molecular formula is C23H15ClF2N2O3S. The minimum absolute atomic E-state index is 0.0208. The van der Waals surface area contributed by atoms with Crippen LogP contribution >= 0.6 is 11.6 Å². The lowest BCUT2D eigenvalue weighted by Gasteiger charge is -2.13. The highest BCUT2D eigenvalue weighted by Gasteiger charge is 2.17. The van der Waals surface area contributed by atoms with E-state index in [0.29, 0.717) is 22.3 Å². The Morgan fingerprint density at radius 2 is 1.62 bits per heavy atom. The van der Waals surface area contributed by atoms with Crippen molar-refractivity contribution in [2.45, 2.75) is 5.75 Å². The van der Waals surface area contributed by atoms with Gasteiger partial charge < -0.3 is 4.55 Å². The molecule has 0 saturated heterocycles. The van der Waals surface area contributed by atoms with Crippen molar-refractivity contribution in [2.75, 3.05) is 0 Å². The maximum Gasteiger partial charge on any atom is 0.280 e. The van der Waals surface area contributed by atoms with Gasteiger partial charge in [0.15, 0.2) is 11.1 Å². The predicted octanol–water partition coefficient (Wildman–Crippen LogP) is 5.22. The van der Waals surface area contributed by atoms with Crippen LogP contribution in [0.3, 0.4) is 0 Å². The van der Waals surface area contributed by atoms with Gasteiger partial charge in [0.05, 0.1) is 28.2 Å². The van der Waals surface area contributed by atoms with E-state index in [0.717, 1.165) is 10.7 Å². The van der Waals surface area contributed by atoms with E-state index in [1.807, 2.05) is 0 Å². The largest absolute Gasteiger partial charge is 0.306 e. The van der Waals surface area contributed by atoms with Crippen molar-refractivity contribution >= 4 is 22.7 Å². The molecule has 5 nitrogen and oxygen atoms in total. The SMILES string of the molecule is O=c1c(-c2ccc(F)cc2)c(-c2ccc(CS(=O)O)cc2)cnn1-c1ccc(Cl)c(F)c1. The second-order valence-corrected chi connectivity index (χ2v) is 8.26. The number of benzene rings is 3. The number of halogens is 3. The monoisotopic (exact) mass is 472 g/mol. The van der Waals surface area contributed by atoms with E-state index in [1.54, 1.807) is 24.3 Å². The second-order valence-electron chi connectivity index (χ2n) is 6.92. The van der Waals surface area contributed by atoms with Gasteiger partial charge in [-0.1, -0.05) is 48.0 Å². The first kappa shape index (κ1) is 22.0. The van der Waals surface area contributed by atoms with E-state index in [1.165, 1.54) is 42.6 Å². The van der Waals surface area contributed by atoms with Gasteiger partial charge in [0.2, 0.25) is 0 Å². The smallest absolute Gasteiger partial charge is 0.280 e. The molecule has 0 spiro atoms. The van der Waals surface area contributed by atoms with Gasteiger partial charge >= 0.3 is 0 Å². The molecule has 0 amide bonds. The summed E-state index contributed by atoms with van der Waals surface area (Å²) in [6, 6.07) is 16.1. The normalized spacial score (nSPS) is 12.0. The van der Waals surface area contributed by atoms with Crippen molar-refractivity contribution in [3.63, 3.8) is 0 Å². The van der Waals surface area contributed by atoms with Gasteiger partial charge in [-0.15, -0.1) is 0 Å². The van der Waals surface area contributed by atoms with E-state index < -0.39 is 28.3 Å². The van der Waals surface area contributed by atoms with Crippen LogP contribution in [-0.2, 0) is 16.8 Å². The van der Waals surface area contributed by atoms with Crippen molar-refractivity contribution in [1.82, 2.24) is 9.78 Å². The first-order valence-electron chi connectivity index (χ1n) is 9.34. The Hall–Kier alpha value is -3.20. The molecule has 0 aliphatic rings. The minimum Gasteiger partial charge on any atom is -0.306 e. The van der Waals surface area contributed by atoms with E-state index in [4.69, 9.17) is 16.2 Å². The Kier molecular flexibility index (Phi) is 6.27. The molecule has 0 bridgehead atoms. The molecule has 32 heavy (non-hydrogen) atoms. The Balaban J connectivity index is 1.91. The Morgan fingerprint density at radius 3 is 2.25 bits per heavy atom. The third-order valence-electron chi connectivity index (χ3n) is 4.81. The fraction of sp³-hybridized carbons (Fsp3) is 0.0435. The molecule has 0 aliphatic carbocycles. The lowest BCUT2D eigenvalue weighted by Crippen LogP contribution is -2.23. The summed E-state index contributed by atoms with van der Waals surface area (Å²) < 4.78 is 48.6. The van der Waals surface area contributed by atoms with Crippen LogP contribution in [0.15, 0.2) is 77.7 Å². The summed E-state index contributed by atoms with van der Waals surface area (Å²) in [7, 11) is 0. The van der Waals surface area contributed by atoms with Crippen LogP contribution in [0.2, 0.25) is 5.02 Å². The van der Waals surface area contributed by atoms with Gasteiger partial charge in [0.1, 0.15) is 11.6 Å². The van der Waals surface area contributed by atoms with Crippen molar-refractivity contribution in [3.8, 4) is 27.9 Å². The molecule has 4 rings (SSSR count). The van der Waals surface area contributed by atoms with E-state index in [9.17, 15) is 17.8 Å². The van der Waals surface area contributed by atoms with Crippen molar-refractivity contribution < 1.29 is 17.5 Å². The lowest BCUT2D eigenvalue weighted by atomic mass is 9.96. The van der Waals surface area contributed by atoms with Crippen LogP contribution in [0.25, 0.3) is 27.9 Å². The molecule has 0 fully saturated rings. The zero-order valence-electron chi connectivity index (χ0n) is 16.3. The van der Waals surface area contributed by atoms with Gasteiger partial charge in [-0.25, -0.2) is 13.0 Å². The maximum absolute atomic E-state index is 14.0. The molecule has 0 aliphatic heterocycles. The van der Waals surface area contributed by atoms with Gasteiger partial charge in [-0.2, -0.15) is 9.78 Å². The number of hydrogen-bond donors (Lipinski definition) is 1. The highest BCUT2D eigenvalue weighted by molar-refractivity contribution is 7.78. The molecular weight excluding hydrogens is 458 g/mol. The van der Waals surface area contributed by atoms with Crippen molar-refractivity contribution in [2.24, 2.45) is 0 Å². The molecule has 1 unspecified atom stereocenters. The first-order chi connectivity index (χ1) is 15.3. The molecule has 3 aromatic carbocycles. The third kappa shape index (κ3) is 4.52. The van der Waals surface area contributed by atoms with Crippen molar-refractivity contribution in [3.05, 3.63) is 106 Å². The summed E-state index contributed by atoms with van der Waals surface area (Å²) in [5.74, 6) is -1.17. The zero-order valence-corrected chi connectivity index (χ0v) is 17.9. The quantitative estimate of drug-likeness (QED) is 0.404. The Labute approximate surface area is 189 Å². The Bertz CT molecular complexity index is 1370. The number of nitrogens with zero attached hydrogens (tertiary/aromatic N) is 2. The van der Waals surface area contributed by atoms with Crippen LogP contribution in [0.5, 0.6) is 0 Å². The number of rotatable bonds is 5. The van der Waals surface area contributed by atoms with E-state index in [-0.39, 0.29) is 22.0 Å². The second kappa shape index (κ2) is 9.12. The highest BCUT2D eigenvalue weighted by atomic mass is 35.5. The van der Waals surface area contributed by atoms with Gasteiger partial charge in [0.25, 0.3) is 5.56 Å². The summed E-state index contributed by atoms with van der Waals surface area (Å²) in [4.78, 5) is 13.4. The van der Waals surface area contributed by atoms with Gasteiger partial charge in [-0.05, 0) is 41.0 Å². The summed E-state index contributed by atoms with van der Waals surface area (Å²) in [5.41, 5.74) is 2.12. The first-order valence-corrected chi connectivity index (χ1v) is 11.0. The zero-order chi connectivity index (χ0) is 22.8. The maximum atomic E-state index is 14.0. The molecule has 1 aromatic heterocycles. The molecule has 0 saturated carbocycles. The Morgan fingerprint density at radius 1 is 0.969 bits per heavy atom. The number of hydrogen-bond acceptors (Lipinski definition) is 3. The predicted molar refractivity (Wildman–Crippen MR) is 120 cm³/mol. The summed E-state index contributed by atoms with van der Waals surface area (Å²) in [6.07, 6.45) is 1.46. The molecule has 4 aromatic rings. The van der Waals surface area contributed by atoms with Crippen molar-refractivity contribution in [1.29, 1.82) is 0 Å². The van der Waals surface area contributed by atoms with E-state index in [2.05, 4.69) is 5.10 Å². The number of aromatic nitrogens is 2. The molecule has 1 atom stereocenters. The lowest BCUT2D eigenvalue weighted by molar-refractivity contribution is 0.563. The van der Waals surface area contributed by atoms with Crippen LogP contribution in [-0.4, -0.2) is 18.5 Å². The van der Waals surface area contributed by atoms with E-state index >= 15 is 0 Å². The van der Waals surface area contributed by atoms with Crippen LogP contribution in [0.4, 0.5) is 8.78 Å². The topological polar surface area (TPSA) is 72.2 Å². The van der Waals surface area contributed by atoms with Crippen LogP contribution in [0.1, 0.15) is 5.56 Å². The highest BCUT2D eigenvalue weighted by Crippen LogP contribution is 2.30. The summed E-state index contributed by atoms with van der Waals surface area (Å²) in [6.45, 7) is 0. The fourth-order valence-corrected chi connectivity index (χ4v) is 3.89. The van der Waals surface area contributed by atoms with Gasteiger partial charge in [0, 0.05) is 11.6 Å². The molecule has 162 valence electrons. The van der Waals surface area contributed by atoms with Crippen LogP contribution < -0.4 is 5.56 Å². The standard InChI is InChI=1S/C23H15ClF2N2O3S/c24-20-10-9-18(11-21(20)26)28-23(29)22(16-5-7-17(25)8-6-16)19(12-27-28)15-3-1-14(2-4-15)13-32(30)31/h1-12H,13H2,(H,30,31). The molecule has 1 N–H and O–H groups in total. The average molecular weight is 473 g/mol. The third-order valence-corrected chi connectivity index (χ3v) is 5.70. The average Bonchev–Trinajstić information content (AvgIpc) is 2.76. The van der Waals surface area contributed by atoms with Gasteiger partial charge in [-0.3, -0.25) is 4.79 Å².